The molecule has 108 valence electrons. The first-order valence-electron chi connectivity index (χ1n) is 6.61. The molecule has 2 N–H and O–H groups in total. The largest absolute Gasteiger partial charge is 0.454 e. The minimum atomic E-state index is -0.539. The molecule has 0 spiro atoms. The molecule has 0 bridgehead atoms. The lowest BCUT2D eigenvalue weighted by Gasteiger charge is -2.34. The average Bonchev–Trinajstić information content (AvgIpc) is 2.87. The van der Waals surface area contributed by atoms with Gasteiger partial charge in [0.2, 0.25) is 13.1 Å². The molecule has 2 heterocycles. The lowest BCUT2D eigenvalue weighted by Crippen LogP contribution is -2.40. The lowest BCUT2D eigenvalue weighted by molar-refractivity contribution is -0.205. The number of carbonyl (C=O) groups is 1. The summed E-state index contributed by atoms with van der Waals surface area (Å²) >= 11 is 0. The van der Waals surface area contributed by atoms with Crippen molar-refractivity contribution in [1.82, 2.24) is 0 Å². The Morgan fingerprint density at radius 2 is 2.10 bits per heavy atom. The van der Waals surface area contributed by atoms with Crippen LogP contribution in [0.25, 0.3) is 0 Å². The topological polar surface area (TPSA) is 80.0 Å². The molecule has 0 saturated carbocycles. The van der Waals surface area contributed by atoms with E-state index in [-0.39, 0.29) is 24.9 Å². The van der Waals surface area contributed by atoms with Crippen molar-refractivity contribution in [2.45, 2.75) is 38.2 Å². The third-order valence-electron chi connectivity index (χ3n) is 3.45. The van der Waals surface area contributed by atoms with Crippen LogP contribution < -0.4 is 15.2 Å². The second-order valence-electron chi connectivity index (χ2n) is 4.95. The van der Waals surface area contributed by atoms with Gasteiger partial charge in [0.05, 0.1) is 0 Å². The first-order valence-corrected chi connectivity index (χ1v) is 6.61. The van der Waals surface area contributed by atoms with Crippen molar-refractivity contribution >= 4 is 5.97 Å². The maximum atomic E-state index is 11.0. The van der Waals surface area contributed by atoms with Gasteiger partial charge in [-0.05, 0) is 24.1 Å². The Balaban J connectivity index is 1.78. The fraction of sp³-hybridized carbons (Fsp3) is 0.500. The van der Waals surface area contributed by atoms with Gasteiger partial charge >= 0.3 is 5.97 Å². The number of carbonyl (C=O) groups excluding carboxylic acids is 1. The standard InChI is InChI=1S/C14H17NO5/c1-8(16)19-13-5-3-10(15)14(20-13)9-2-4-11-12(6-9)18-7-17-11/h2,4,6,10,13-14H,3,5,7,15H2,1H3. The Labute approximate surface area is 116 Å². The summed E-state index contributed by atoms with van der Waals surface area (Å²) in [6.07, 6.45) is 0.490. The van der Waals surface area contributed by atoms with Gasteiger partial charge < -0.3 is 24.7 Å². The quantitative estimate of drug-likeness (QED) is 0.826. The molecule has 1 aromatic rings. The van der Waals surface area contributed by atoms with Crippen LogP contribution in [0.5, 0.6) is 11.5 Å². The van der Waals surface area contributed by atoms with Crippen LogP contribution in [0, 0.1) is 0 Å². The van der Waals surface area contributed by atoms with Crippen LogP contribution in [0.15, 0.2) is 18.2 Å². The number of ether oxygens (including phenoxy) is 4. The summed E-state index contributed by atoms with van der Waals surface area (Å²) < 4.78 is 21.5. The molecule has 3 unspecified atom stereocenters. The summed E-state index contributed by atoms with van der Waals surface area (Å²) in [6, 6.07) is 5.46. The van der Waals surface area contributed by atoms with Crippen LogP contribution in [0.4, 0.5) is 0 Å². The summed E-state index contributed by atoms with van der Waals surface area (Å²) in [5.41, 5.74) is 7.01. The molecule has 0 amide bonds. The zero-order valence-corrected chi connectivity index (χ0v) is 11.2. The van der Waals surface area contributed by atoms with E-state index in [1.54, 1.807) is 0 Å². The van der Waals surface area contributed by atoms with Gasteiger partial charge in [-0.3, -0.25) is 4.79 Å². The van der Waals surface area contributed by atoms with Gasteiger partial charge in [-0.2, -0.15) is 0 Å². The van der Waals surface area contributed by atoms with Crippen molar-refractivity contribution in [1.29, 1.82) is 0 Å². The van der Waals surface area contributed by atoms with Gasteiger partial charge in [0.1, 0.15) is 6.10 Å². The van der Waals surface area contributed by atoms with Crippen molar-refractivity contribution in [2.24, 2.45) is 5.73 Å². The second-order valence-corrected chi connectivity index (χ2v) is 4.95. The number of fused-ring (bicyclic) bond motifs is 1. The number of rotatable bonds is 2. The van der Waals surface area contributed by atoms with Crippen LogP contribution in [-0.4, -0.2) is 25.1 Å². The Morgan fingerprint density at radius 1 is 1.30 bits per heavy atom. The molecule has 0 radical (unpaired) electrons. The highest BCUT2D eigenvalue weighted by Gasteiger charge is 2.32. The molecule has 1 aromatic carbocycles. The van der Waals surface area contributed by atoms with Gasteiger partial charge in [0.25, 0.3) is 0 Å². The zero-order valence-electron chi connectivity index (χ0n) is 11.2. The Kier molecular flexibility index (Phi) is 3.50. The predicted octanol–water partition coefficient (Wildman–Crippen LogP) is 1.48. The predicted molar refractivity (Wildman–Crippen MR) is 69.2 cm³/mol. The fourth-order valence-corrected chi connectivity index (χ4v) is 2.50. The highest BCUT2D eigenvalue weighted by molar-refractivity contribution is 5.66. The van der Waals surface area contributed by atoms with E-state index in [1.165, 1.54) is 6.92 Å². The second kappa shape index (κ2) is 5.30. The number of nitrogens with two attached hydrogens (primary N) is 1. The molecule has 1 fully saturated rings. The Morgan fingerprint density at radius 3 is 2.90 bits per heavy atom. The first kappa shape index (κ1) is 13.2. The monoisotopic (exact) mass is 279 g/mol. The normalized spacial score (nSPS) is 28.2. The molecule has 0 aromatic heterocycles. The van der Waals surface area contributed by atoms with Crippen molar-refractivity contribution in [3.63, 3.8) is 0 Å². The Bertz CT molecular complexity index is 518. The van der Waals surface area contributed by atoms with Crippen molar-refractivity contribution < 1.29 is 23.7 Å². The molecule has 20 heavy (non-hydrogen) atoms. The molecular weight excluding hydrogens is 262 g/mol. The lowest BCUT2D eigenvalue weighted by atomic mass is 9.96. The summed E-state index contributed by atoms with van der Waals surface area (Å²) in [4.78, 5) is 11.0. The summed E-state index contributed by atoms with van der Waals surface area (Å²) in [5, 5.41) is 0. The van der Waals surface area contributed by atoms with Crippen LogP contribution in [0.2, 0.25) is 0 Å². The van der Waals surface area contributed by atoms with Crippen molar-refractivity contribution in [3.05, 3.63) is 23.8 Å². The highest BCUT2D eigenvalue weighted by atomic mass is 16.7. The Hall–Kier alpha value is -1.79. The van der Waals surface area contributed by atoms with Gasteiger partial charge in [-0.1, -0.05) is 6.07 Å². The van der Waals surface area contributed by atoms with Crippen molar-refractivity contribution in [2.75, 3.05) is 6.79 Å². The van der Waals surface area contributed by atoms with Gasteiger partial charge in [0, 0.05) is 19.4 Å². The molecule has 3 atom stereocenters. The molecular formula is C14H17NO5. The minimum Gasteiger partial charge on any atom is -0.454 e. The SMILES string of the molecule is CC(=O)OC1CCC(N)C(c2ccc3c(c2)OCO3)O1. The van der Waals surface area contributed by atoms with Crippen LogP contribution in [0.1, 0.15) is 31.4 Å². The molecule has 6 nitrogen and oxygen atoms in total. The number of hydrogen-bond acceptors (Lipinski definition) is 6. The van der Waals surface area contributed by atoms with Gasteiger partial charge in [-0.15, -0.1) is 0 Å². The van der Waals surface area contributed by atoms with Crippen LogP contribution in [-0.2, 0) is 14.3 Å². The fourth-order valence-electron chi connectivity index (χ4n) is 2.50. The first-order chi connectivity index (χ1) is 9.63. The molecule has 2 aliphatic rings. The van der Waals surface area contributed by atoms with Crippen LogP contribution in [0.3, 0.4) is 0 Å². The van der Waals surface area contributed by atoms with E-state index in [4.69, 9.17) is 24.7 Å². The van der Waals surface area contributed by atoms with Crippen molar-refractivity contribution in [3.8, 4) is 11.5 Å². The van der Waals surface area contributed by atoms with E-state index in [2.05, 4.69) is 0 Å². The van der Waals surface area contributed by atoms with Gasteiger partial charge in [-0.25, -0.2) is 0 Å². The smallest absolute Gasteiger partial charge is 0.304 e. The highest BCUT2D eigenvalue weighted by Crippen LogP contribution is 2.38. The van der Waals surface area contributed by atoms with E-state index in [1.807, 2.05) is 18.2 Å². The number of esters is 1. The maximum absolute atomic E-state index is 11.0. The van der Waals surface area contributed by atoms with E-state index >= 15 is 0 Å². The third kappa shape index (κ3) is 2.57. The minimum absolute atomic E-state index is 0.137. The molecule has 2 aliphatic heterocycles. The average molecular weight is 279 g/mol. The number of hydrogen-bond donors (Lipinski definition) is 1. The molecule has 0 aliphatic carbocycles. The number of benzene rings is 1. The molecule has 3 rings (SSSR count). The van der Waals surface area contributed by atoms with Gasteiger partial charge in [0.15, 0.2) is 11.5 Å². The zero-order chi connectivity index (χ0) is 14.1. The maximum Gasteiger partial charge on any atom is 0.304 e. The summed E-state index contributed by atoms with van der Waals surface area (Å²) in [6.45, 7) is 1.60. The van der Waals surface area contributed by atoms with E-state index in [9.17, 15) is 4.79 Å². The van der Waals surface area contributed by atoms with E-state index in [0.717, 1.165) is 17.7 Å². The molecule has 6 heteroatoms. The van der Waals surface area contributed by atoms with E-state index in [0.29, 0.717) is 12.2 Å². The van der Waals surface area contributed by atoms with E-state index < -0.39 is 6.29 Å². The molecule has 1 saturated heterocycles. The summed E-state index contributed by atoms with van der Waals surface area (Å²) in [7, 11) is 0. The third-order valence-corrected chi connectivity index (χ3v) is 3.45. The summed E-state index contributed by atoms with van der Waals surface area (Å²) in [5.74, 6) is 1.05. The van der Waals surface area contributed by atoms with Crippen LogP contribution >= 0.6 is 0 Å².